The van der Waals surface area contributed by atoms with E-state index in [1.54, 1.807) is 0 Å². The summed E-state index contributed by atoms with van der Waals surface area (Å²) in [6.45, 7) is 5.42. The number of amides is 1. The van der Waals surface area contributed by atoms with E-state index < -0.39 is 11.6 Å². The fourth-order valence-corrected chi connectivity index (χ4v) is 1.90. The number of unbranched alkanes of at least 4 members (excludes halogenated alkanes) is 1. The van der Waals surface area contributed by atoms with Gasteiger partial charge in [0.2, 0.25) is 5.91 Å². The Morgan fingerprint density at radius 1 is 1.36 bits per heavy atom. The third kappa shape index (κ3) is 7.07. The molecule has 0 aliphatic heterocycles. The summed E-state index contributed by atoms with van der Waals surface area (Å²) < 4.78 is 10.8. The minimum atomic E-state index is -2.12. The summed E-state index contributed by atoms with van der Waals surface area (Å²) in [5.41, 5.74) is -1.98. The summed E-state index contributed by atoms with van der Waals surface area (Å²) in [6.07, 6.45) is 2.66. The first kappa shape index (κ1) is 23.5. The van der Waals surface area contributed by atoms with Crippen molar-refractivity contribution >= 4 is 11.9 Å². The first-order valence-electron chi connectivity index (χ1n) is 7.48. The summed E-state index contributed by atoms with van der Waals surface area (Å²) in [6, 6.07) is 4.37. The van der Waals surface area contributed by atoms with Gasteiger partial charge in [-0.2, -0.15) is 0 Å². The van der Waals surface area contributed by atoms with Crippen LogP contribution in [0.1, 0.15) is 25.3 Å². The smallest absolute Gasteiger partial charge is 0.547 e. The minimum Gasteiger partial charge on any atom is -0.547 e. The second-order valence-electron chi connectivity index (χ2n) is 5.28. The zero-order valence-corrected chi connectivity index (χ0v) is 16.8. The van der Waals surface area contributed by atoms with Gasteiger partial charge < -0.3 is 29.8 Å². The predicted octanol–water partition coefficient (Wildman–Crippen LogP) is -2.88. The van der Waals surface area contributed by atoms with E-state index >= 15 is 0 Å². The topological polar surface area (TPSA) is 108 Å². The van der Waals surface area contributed by atoms with Crippen LogP contribution < -0.4 is 49.5 Å². The molecule has 7 nitrogen and oxygen atoms in total. The number of aliphatic carboxylic acids is 1. The number of carbonyl (C=O) groups excluding carboxylic acids is 2. The van der Waals surface area contributed by atoms with E-state index in [1.807, 2.05) is 0 Å². The van der Waals surface area contributed by atoms with Crippen molar-refractivity contribution in [2.75, 3.05) is 20.3 Å². The van der Waals surface area contributed by atoms with E-state index in [2.05, 4.69) is 11.9 Å². The van der Waals surface area contributed by atoms with Crippen molar-refractivity contribution < 1.29 is 58.8 Å². The van der Waals surface area contributed by atoms with E-state index in [1.165, 1.54) is 31.4 Å². The molecule has 132 valence electrons. The maximum Gasteiger partial charge on any atom is 1.00 e. The van der Waals surface area contributed by atoms with Crippen molar-refractivity contribution in [1.82, 2.24) is 5.32 Å². The van der Waals surface area contributed by atoms with Gasteiger partial charge in [0, 0.05) is 6.54 Å². The van der Waals surface area contributed by atoms with Crippen molar-refractivity contribution in [2.24, 2.45) is 0 Å². The molecule has 1 atom stereocenters. The molecule has 1 aromatic carbocycles. The minimum absolute atomic E-state index is 0. The van der Waals surface area contributed by atoms with Gasteiger partial charge in [0.15, 0.2) is 11.5 Å². The van der Waals surface area contributed by atoms with Crippen molar-refractivity contribution in [3.63, 3.8) is 0 Å². The first-order chi connectivity index (χ1) is 11.3. The quantitative estimate of drug-likeness (QED) is 0.264. The Morgan fingerprint density at radius 2 is 2.04 bits per heavy atom. The van der Waals surface area contributed by atoms with Crippen LogP contribution >= 0.6 is 0 Å². The molecule has 2 N–H and O–H groups in total. The number of carboxylic acids is 1. The Hall–Kier alpha value is -1.54. The van der Waals surface area contributed by atoms with Gasteiger partial charge in [-0.15, -0.1) is 0 Å². The van der Waals surface area contributed by atoms with Crippen LogP contribution in [0.4, 0.5) is 0 Å². The zero-order valence-electron chi connectivity index (χ0n) is 14.8. The molecule has 1 unspecified atom stereocenters. The van der Waals surface area contributed by atoms with Crippen LogP contribution in [0.15, 0.2) is 30.9 Å². The molecule has 1 amide bonds. The van der Waals surface area contributed by atoms with Gasteiger partial charge in [0.05, 0.1) is 19.7 Å². The maximum atomic E-state index is 11.0. The Kier molecular flexibility index (Phi) is 10.5. The number of ether oxygens (including phenoxy) is 2. The number of nitrogens with one attached hydrogen (secondary N) is 1. The largest absolute Gasteiger partial charge is 1.00 e. The fourth-order valence-electron chi connectivity index (χ4n) is 1.90. The number of carbonyl (C=O) groups is 2. The molecule has 0 spiro atoms. The summed E-state index contributed by atoms with van der Waals surface area (Å²) in [5, 5.41) is 23.6. The second kappa shape index (κ2) is 11.1. The Labute approximate surface area is 169 Å². The molecule has 1 rings (SSSR count). The number of aliphatic hydroxyl groups is 1. The predicted molar refractivity (Wildman–Crippen MR) is 85.5 cm³/mol. The standard InChI is InChI=1S/C17H23NO6.Na/c1-4-15(19)18-9-5-6-10-24-13-8-7-12(11-14(13)23-3)17(2,22)16(20)21;/h4,7-8,11,22H,1,5-6,9-10H2,2-3H3,(H,18,19)(H,20,21);/q;+1/p-1. The molecule has 25 heavy (non-hydrogen) atoms. The molecule has 0 radical (unpaired) electrons. The third-order valence-electron chi connectivity index (χ3n) is 3.44. The van der Waals surface area contributed by atoms with Crippen LogP contribution in [-0.2, 0) is 15.2 Å². The van der Waals surface area contributed by atoms with Crippen LogP contribution in [-0.4, -0.2) is 37.2 Å². The fraction of sp³-hybridized carbons (Fsp3) is 0.412. The van der Waals surface area contributed by atoms with Crippen molar-refractivity contribution in [3.8, 4) is 11.5 Å². The number of hydrogen-bond acceptors (Lipinski definition) is 6. The average Bonchev–Trinajstić information content (AvgIpc) is 2.57. The SMILES string of the molecule is C=CC(=O)NCCCCOc1ccc(C(C)(O)C(=O)[O-])cc1OC.[Na+]. The van der Waals surface area contributed by atoms with Gasteiger partial charge in [-0.25, -0.2) is 0 Å². The Morgan fingerprint density at radius 3 is 2.60 bits per heavy atom. The monoisotopic (exact) mass is 359 g/mol. The molecular formula is C17H22NNaO6. The van der Waals surface area contributed by atoms with Gasteiger partial charge in [0.1, 0.15) is 5.60 Å². The van der Waals surface area contributed by atoms with E-state index in [-0.39, 0.29) is 41.0 Å². The van der Waals surface area contributed by atoms with E-state index in [9.17, 15) is 19.8 Å². The van der Waals surface area contributed by atoms with Crippen LogP contribution in [0.25, 0.3) is 0 Å². The molecule has 0 heterocycles. The summed E-state index contributed by atoms with van der Waals surface area (Å²) in [4.78, 5) is 21.9. The normalized spacial score (nSPS) is 12.3. The summed E-state index contributed by atoms with van der Waals surface area (Å²) in [7, 11) is 1.42. The molecule has 0 saturated carbocycles. The van der Waals surface area contributed by atoms with Crippen molar-refractivity contribution in [3.05, 3.63) is 36.4 Å². The molecule has 0 aliphatic carbocycles. The molecule has 0 bridgehead atoms. The van der Waals surface area contributed by atoms with Gasteiger partial charge in [-0.3, -0.25) is 4.79 Å². The van der Waals surface area contributed by atoms with E-state index in [0.717, 1.165) is 13.3 Å². The Bertz CT molecular complexity index is 603. The number of rotatable bonds is 10. The third-order valence-corrected chi connectivity index (χ3v) is 3.44. The van der Waals surface area contributed by atoms with Gasteiger partial charge in [-0.05, 0) is 43.5 Å². The van der Waals surface area contributed by atoms with Crippen molar-refractivity contribution in [2.45, 2.75) is 25.4 Å². The Balaban J connectivity index is 0.00000576. The van der Waals surface area contributed by atoms with E-state index in [4.69, 9.17) is 9.47 Å². The maximum absolute atomic E-state index is 11.0. The van der Waals surface area contributed by atoms with Gasteiger partial charge >= 0.3 is 29.6 Å². The molecule has 8 heteroatoms. The van der Waals surface area contributed by atoms with Gasteiger partial charge in [-0.1, -0.05) is 12.6 Å². The number of benzene rings is 1. The molecule has 0 fully saturated rings. The zero-order chi connectivity index (χ0) is 18.2. The van der Waals surface area contributed by atoms with Crippen LogP contribution in [0.3, 0.4) is 0 Å². The van der Waals surface area contributed by atoms with E-state index in [0.29, 0.717) is 31.1 Å². The van der Waals surface area contributed by atoms with Crippen molar-refractivity contribution in [1.29, 1.82) is 0 Å². The summed E-state index contributed by atoms with van der Waals surface area (Å²) >= 11 is 0. The molecule has 0 aliphatic rings. The average molecular weight is 359 g/mol. The molecule has 1 aromatic rings. The molecular weight excluding hydrogens is 337 g/mol. The summed E-state index contributed by atoms with van der Waals surface area (Å²) in [5.74, 6) is -1.06. The van der Waals surface area contributed by atoms with Crippen LogP contribution in [0, 0.1) is 0 Å². The van der Waals surface area contributed by atoms with Gasteiger partial charge in [0.25, 0.3) is 0 Å². The second-order valence-corrected chi connectivity index (χ2v) is 5.28. The van der Waals surface area contributed by atoms with Crippen LogP contribution in [0.2, 0.25) is 0 Å². The number of carboxylic acid groups (broad SMARTS) is 1. The number of methoxy groups -OCH3 is 1. The molecule has 0 aromatic heterocycles. The first-order valence-corrected chi connectivity index (χ1v) is 7.48. The number of hydrogen-bond donors (Lipinski definition) is 2. The molecule has 0 saturated heterocycles. The van der Waals surface area contributed by atoms with Crippen LogP contribution in [0.5, 0.6) is 11.5 Å².